The molecule has 4 atom stereocenters. The molecule has 1 aromatic heterocycles. The number of hydrogen-bond acceptors (Lipinski definition) is 5. The topological polar surface area (TPSA) is 86.8 Å². The van der Waals surface area contributed by atoms with Gasteiger partial charge in [0.05, 0.1) is 19.2 Å². The molecular weight excluding hydrogens is 299 g/mol. The van der Waals surface area contributed by atoms with Crippen LogP contribution in [0.25, 0.3) is 0 Å². The van der Waals surface area contributed by atoms with Crippen LogP contribution in [0.5, 0.6) is 0 Å². The van der Waals surface area contributed by atoms with Crippen molar-refractivity contribution in [3.8, 4) is 6.07 Å². The third-order valence-electron chi connectivity index (χ3n) is 4.71. The summed E-state index contributed by atoms with van der Waals surface area (Å²) < 4.78 is 15.2. The van der Waals surface area contributed by atoms with Crippen molar-refractivity contribution >= 4 is 5.91 Å². The number of alkyl halides is 1. The summed E-state index contributed by atoms with van der Waals surface area (Å²) in [5, 5.41) is 16.4. The van der Waals surface area contributed by atoms with Gasteiger partial charge in [0, 0.05) is 19.0 Å². The predicted octanol–water partition coefficient (Wildman–Crippen LogP) is 0.499. The summed E-state index contributed by atoms with van der Waals surface area (Å²) >= 11 is 0. The maximum Gasteiger partial charge on any atom is 0.237 e. The van der Waals surface area contributed by atoms with E-state index in [4.69, 9.17) is 5.26 Å². The van der Waals surface area contributed by atoms with E-state index in [1.54, 1.807) is 6.33 Å². The van der Waals surface area contributed by atoms with Gasteiger partial charge in [0.15, 0.2) is 0 Å². The summed E-state index contributed by atoms with van der Waals surface area (Å²) in [6.45, 7) is 1.06. The minimum Gasteiger partial charge on any atom is -0.323 e. The number of aromatic nitrogens is 3. The van der Waals surface area contributed by atoms with Crippen LogP contribution < -0.4 is 5.32 Å². The second-order valence-electron chi connectivity index (χ2n) is 6.40. The molecule has 1 amide bonds. The average Bonchev–Trinajstić information content (AvgIpc) is 3.26. The quantitative estimate of drug-likeness (QED) is 0.853. The highest BCUT2D eigenvalue weighted by Crippen LogP contribution is 2.27. The van der Waals surface area contributed by atoms with Crippen molar-refractivity contribution in [2.24, 2.45) is 5.92 Å². The average molecular weight is 320 g/mol. The molecule has 2 heterocycles. The Balaban J connectivity index is 1.42. The zero-order chi connectivity index (χ0) is 16.2. The van der Waals surface area contributed by atoms with E-state index in [-0.39, 0.29) is 31.5 Å². The molecule has 1 saturated heterocycles. The highest BCUT2D eigenvalue weighted by Gasteiger charge is 2.35. The van der Waals surface area contributed by atoms with Crippen molar-refractivity contribution in [2.75, 3.05) is 13.1 Å². The zero-order valence-corrected chi connectivity index (χ0v) is 12.9. The molecule has 2 fully saturated rings. The number of hydrogen-bond donors (Lipinski definition) is 1. The van der Waals surface area contributed by atoms with E-state index in [0.717, 1.165) is 25.8 Å². The fourth-order valence-corrected chi connectivity index (χ4v) is 3.53. The van der Waals surface area contributed by atoms with Crippen LogP contribution in [0.3, 0.4) is 0 Å². The lowest BCUT2D eigenvalue weighted by molar-refractivity contribution is -0.130. The van der Waals surface area contributed by atoms with Crippen LogP contribution in [0.2, 0.25) is 0 Å². The molecule has 0 bridgehead atoms. The lowest BCUT2D eigenvalue weighted by Gasteiger charge is -2.21. The van der Waals surface area contributed by atoms with Crippen LogP contribution in [0.1, 0.15) is 25.7 Å². The van der Waals surface area contributed by atoms with Crippen LogP contribution in [0.4, 0.5) is 4.39 Å². The summed E-state index contributed by atoms with van der Waals surface area (Å²) in [6, 6.07) is 1.67. The molecule has 1 aliphatic heterocycles. The Bertz CT molecular complexity index is 571. The lowest BCUT2D eigenvalue weighted by atomic mass is 10.1. The monoisotopic (exact) mass is 320 g/mol. The summed E-state index contributed by atoms with van der Waals surface area (Å²) in [4.78, 5) is 17.5. The molecule has 23 heavy (non-hydrogen) atoms. The number of rotatable bonds is 5. The van der Waals surface area contributed by atoms with Crippen LogP contribution in [0.15, 0.2) is 12.7 Å². The standard InChI is InChI=1S/C15H21FN6O/c16-12-4-14(5-17)22(8-12)15(23)6-19-13-2-1-11(3-13)7-21-10-18-9-20-21/h9-14,19H,1-4,6-8H2/t11-,12?,13+,14?/m0/s1. The number of amides is 1. The van der Waals surface area contributed by atoms with E-state index >= 15 is 0 Å². The molecule has 0 aromatic carbocycles. The molecule has 1 aliphatic carbocycles. The Morgan fingerprint density at radius 1 is 1.43 bits per heavy atom. The summed E-state index contributed by atoms with van der Waals surface area (Å²) in [5.41, 5.74) is 0. The van der Waals surface area contributed by atoms with Crippen molar-refractivity contribution in [2.45, 2.75) is 50.5 Å². The van der Waals surface area contributed by atoms with Gasteiger partial charge in [-0.25, -0.2) is 9.37 Å². The Kier molecular flexibility index (Phi) is 4.86. The van der Waals surface area contributed by atoms with Crippen molar-refractivity contribution in [1.29, 1.82) is 5.26 Å². The van der Waals surface area contributed by atoms with Gasteiger partial charge >= 0.3 is 0 Å². The summed E-state index contributed by atoms with van der Waals surface area (Å²) in [6.07, 6.45) is 5.38. The van der Waals surface area contributed by atoms with Gasteiger partial charge in [0.2, 0.25) is 5.91 Å². The van der Waals surface area contributed by atoms with Gasteiger partial charge in [-0.1, -0.05) is 0 Å². The number of nitriles is 1. The van der Waals surface area contributed by atoms with E-state index in [9.17, 15) is 9.18 Å². The minimum absolute atomic E-state index is 0.0400. The van der Waals surface area contributed by atoms with E-state index in [0.29, 0.717) is 5.92 Å². The molecule has 8 heteroatoms. The Hall–Kier alpha value is -2.01. The molecule has 7 nitrogen and oxygen atoms in total. The maximum atomic E-state index is 13.4. The van der Waals surface area contributed by atoms with Gasteiger partial charge < -0.3 is 10.2 Å². The third kappa shape index (κ3) is 3.85. The molecule has 0 spiro atoms. The Morgan fingerprint density at radius 3 is 3.04 bits per heavy atom. The van der Waals surface area contributed by atoms with Gasteiger partial charge in [-0.2, -0.15) is 10.4 Å². The first-order valence-electron chi connectivity index (χ1n) is 8.04. The largest absolute Gasteiger partial charge is 0.323 e. The van der Waals surface area contributed by atoms with Crippen molar-refractivity contribution in [1.82, 2.24) is 25.0 Å². The van der Waals surface area contributed by atoms with E-state index < -0.39 is 12.2 Å². The molecule has 0 radical (unpaired) electrons. The van der Waals surface area contributed by atoms with Crippen LogP contribution >= 0.6 is 0 Å². The molecule has 1 saturated carbocycles. The molecule has 124 valence electrons. The van der Waals surface area contributed by atoms with Gasteiger partial charge in [0.25, 0.3) is 0 Å². The smallest absolute Gasteiger partial charge is 0.237 e. The number of carbonyl (C=O) groups excluding carboxylic acids is 1. The number of nitrogens with zero attached hydrogens (tertiary/aromatic N) is 5. The van der Waals surface area contributed by atoms with Gasteiger partial charge in [0.1, 0.15) is 24.9 Å². The fraction of sp³-hybridized carbons (Fsp3) is 0.733. The second-order valence-corrected chi connectivity index (χ2v) is 6.40. The van der Waals surface area contributed by atoms with Crippen molar-refractivity contribution in [3.05, 3.63) is 12.7 Å². The molecule has 2 unspecified atom stereocenters. The SMILES string of the molecule is N#CC1CC(F)CN1C(=O)CN[C@@H]1CC[C@H](Cn2cncn2)C1. The second kappa shape index (κ2) is 7.04. The van der Waals surface area contributed by atoms with Crippen molar-refractivity contribution in [3.63, 3.8) is 0 Å². The van der Waals surface area contributed by atoms with E-state index in [2.05, 4.69) is 15.4 Å². The van der Waals surface area contributed by atoms with Crippen LogP contribution in [-0.2, 0) is 11.3 Å². The molecule has 1 aromatic rings. The minimum atomic E-state index is -1.08. The zero-order valence-electron chi connectivity index (χ0n) is 12.9. The Labute approximate surface area is 134 Å². The maximum absolute atomic E-state index is 13.4. The molecule has 1 N–H and O–H groups in total. The fourth-order valence-electron chi connectivity index (χ4n) is 3.53. The normalized spacial score (nSPS) is 30.5. The van der Waals surface area contributed by atoms with Crippen LogP contribution in [-0.4, -0.2) is 56.9 Å². The highest BCUT2D eigenvalue weighted by molar-refractivity contribution is 5.79. The van der Waals surface area contributed by atoms with Gasteiger partial charge in [-0.3, -0.25) is 9.48 Å². The first-order valence-corrected chi connectivity index (χ1v) is 8.04. The number of halogens is 1. The van der Waals surface area contributed by atoms with Crippen LogP contribution in [0, 0.1) is 17.2 Å². The lowest BCUT2D eigenvalue weighted by Crippen LogP contribution is -2.43. The Morgan fingerprint density at radius 2 is 2.30 bits per heavy atom. The van der Waals surface area contributed by atoms with E-state index in [1.165, 1.54) is 11.2 Å². The first kappa shape index (κ1) is 15.9. The molecule has 3 rings (SSSR count). The first-order chi connectivity index (χ1) is 11.2. The van der Waals surface area contributed by atoms with E-state index in [1.807, 2.05) is 10.8 Å². The molecule has 2 aliphatic rings. The van der Waals surface area contributed by atoms with Gasteiger partial charge in [-0.15, -0.1) is 0 Å². The highest BCUT2D eigenvalue weighted by atomic mass is 19.1. The number of nitrogens with one attached hydrogen (secondary N) is 1. The third-order valence-corrected chi connectivity index (χ3v) is 4.71. The van der Waals surface area contributed by atoms with Crippen molar-refractivity contribution < 1.29 is 9.18 Å². The number of carbonyl (C=O) groups is 1. The summed E-state index contributed by atoms with van der Waals surface area (Å²) in [5.74, 6) is 0.342. The molecular formula is C15H21FN6O. The summed E-state index contributed by atoms with van der Waals surface area (Å²) in [7, 11) is 0. The number of likely N-dealkylation sites (tertiary alicyclic amines) is 1. The van der Waals surface area contributed by atoms with Gasteiger partial charge in [-0.05, 0) is 25.2 Å². The predicted molar refractivity (Wildman–Crippen MR) is 79.8 cm³/mol.